The third-order valence-electron chi connectivity index (χ3n) is 3.22. The molecule has 0 bridgehead atoms. The van der Waals surface area contributed by atoms with Crippen LogP contribution in [0.15, 0.2) is 46.2 Å². The van der Waals surface area contributed by atoms with E-state index in [4.69, 9.17) is 10.5 Å². The van der Waals surface area contributed by atoms with E-state index < -0.39 is 11.8 Å². The first-order chi connectivity index (χ1) is 11.4. The van der Waals surface area contributed by atoms with Crippen molar-refractivity contribution >= 4 is 41.1 Å². The highest BCUT2D eigenvalue weighted by molar-refractivity contribution is 8.04. The van der Waals surface area contributed by atoms with Crippen LogP contribution in [0.5, 0.6) is 5.75 Å². The Morgan fingerprint density at radius 3 is 2.79 bits per heavy atom. The van der Waals surface area contributed by atoms with E-state index in [0.29, 0.717) is 21.8 Å². The van der Waals surface area contributed by atoms with Crippen molar-refractivity contribution in [2.75, 3.05) is 11.1 Å². The van der Waals surface area contributed by atoms with Crippen LogP contribution in [0.1, 0.15) is 12.5 Å². The summed E-state index contributed by atoms with van der Waals surface area (Å²) in [5, 5.41) is 2.65. The molecule has 0 aromatic heterocycles. The fourth-order valence-electron chi connectivity index (χ4n) is 2.19. The van der Waals surface area contributed by atoms with Crippen molar-refractivity contribution in [1.29, 1.82) is 0 Å². The molecule has 3 rings (SSSR count). The zero-order valence-corrected chi connectivity index (χ0v) is 13.4. The monoisotopic (exact) mass is 344 g/mol. The predicted molar refractivity (Wildman–Crippen MR) is 91.0 cm³/mol. The highest BCUT2D eigenvalue weighted by Crippen LogP contribution is 2.39. The first-order valence-electron chi connectivity index (χ1n) is 7.01. The summed E-state index contributed by atoms with van der Waals surface area (Å²) >= 11 is 1.25. The van der Waals surface area contributed by atoms with Gasteiger partial charge in [0, 0.05) is 11.8 Å². The summed E-state index contributed by atoms with van der Waals surface area (Å²) in [6.45, 7) is 1.29. The Hall–Kier alpha value is -2.80. The molecule has 3 N–H and O–H groups in total. The molecule has 5 nitrogen and oxygen atoms in total. The van der Waals surface area contributed by atoms with E-state index in [1.54, 1.807) is 30.3 Å². The molecule has 2 aromatic carbocycles. The summed E-state index contributed by atoms with van der Waals surface area (Å²) in [7, 11) is 0. The van der Waals surface area contributed by atoms with Gasteiger partial charge in [-0.2, -0.15) is 0 Å². The Morgan fingerprint density at radius 2 is 2.08 bits per heavy atom. The van der Waals surface area contributed by atoms with Crippen LogP contribution in [0.25, 0.3) is 6.08 Å². The van der Waals surface area contributed by atoms with E-state index in [0.717, 1.165) is 4.90 Å². The summed E-state index contributed by atoms with van der Waals surface area (Å²) in [6.07, 6.45) is 1.67. The number of fused-ring (bicyclic) bond motifs is 1. The fourth-order valence-corrected chi connectivity index (χ4v) is 3.12. The van der Waals surface area contributed by atoms with Crippen molar-refractivity contribution in [3.05, 3.63) is 52.7 Å². The van der Waals surface area contributed by atoms with Gasteiger partial charge in [0.05, 0.1) is 16.3 Å². The summed E-state index contributed by atoms with van der Waals surface area (Å²) in [5.41, 5.74) is 7.28. The minimum absolute atomic E-state index is 0.270. The molecule has 1 aliphatic rings. The van der Waals surface area contributed by atoms with E-state index in [1.165, 1.54) is 30.8 Å². The summed E-state index contributed by atoms with van der Waals surface area (Å²) in [4.78, 5) is 24.3. The molecule has 0 radical (unpaired) electrons. The quantitative estimate of drug-likeness (QED) is 0.378. The van der Waals surface area contributed by atoms with E-state index in [9.17, 15) is 14.0 Å². The maximum atomic E-state index is 13.2. The van der Waals surface area contributed by atoms with Crippen LogP contribution in [-0.4, -0.2) is 11.9 Å². The molecule has 0 saturated carbocycles. The summed E-state index contributed by atoms with van der Waals surface area (Å²) < 4.78 is 18.2. The van der Waals surface area contributed by atoms with Gasteiger partial charge in [-0.05, 0) is 42.0 Å². The molecule has 0 aliphatic carbocycles. The Kier molecular flexibility index (Phi) is 4.26. The van der Waals surface area contributed by atoms with Crippen molar-refractivity contribution in [3.8, 4) is 5.75 Å². The number of esters is 1. The number of nitrogen functional groups attached to an aromatic ring is 1. The topological polar surface area (TPSA) is 81.4 Å². The molecular weight excluding hydrogens is 331 g/mol. The highest BCUT2D eigenvalue weighted by atomic mass is 32.2. The van der Waals surface area contributed by atoms with Gasteiger partial charge < -0.3 is 15.8 Å². The van der Waals surface area contributed by atoms with E-state index in [-0.39, 0.29) is 11.7 Å². The smallest absolute Gasteiger partial charge is 0.308 e. The molecule has 0 saturated heterocycles. The van der Waals surface area contributed by atoms with E-state index in [1.807, 2.05) is 0 Å². The number of carbonyl (C=O) groups is 2. The van der Waals surface area contributed by atoms with Gasteiger partial charge in [0.2, 0.25) is 0 Å². The maximum Gasteiger partial charge on any atom is 0.308 e. The Morgan fingerprint density at radius 1 is 1.29 bits per heavy atom. The predicted octanol–water partition coefficient (Wildman–Crippen LogP) is 3.42. The van der Waals surface area contributed by atoms with Crippen molar-refractivity contribution in [1.82, 2.24) is 0 Å². The second-order valence-electron chi connectivity index (χ2n) is 5.10. The fraction of sp³-hybridized carbons (Fsp3) is 0.0588. The molecule has 0 spiro atoms. The summed E-state index contributed by atoms with van der Waals surface area (Å²) in [5.74, 6) is -0.915. The molecule has 1 amide bonds. The lowest BCUT2D eigenvalue weighted by Crippen LogP contribution is -2.17. The number of hydrogen-bond donors (Lipinski definition) is 2. The third kappa shape index (κ3) is 3.41. The largest absolute Gasteiger partial charge is 0.425 e. The lowest BCUT2D eigenvalue weighted by molar-refractivity contribution is -0.131. The van der Waals surface area contributed by atoms with Crippen LogP contribution in [0.3, 0.4) is 0 Å². The number of nitrogens with two attached hydrogens (primary N) is 1. The normalized spacial score (nSPS) is 14.9. The first-order valence-corrected chi connectivity index (χ1v) is 7.82. The number of hydrogen-bond acceptors (Lipinski definition) is 5. The molecule has 2 aromatic rings. The van der Waals surface area contributed by atoms with Gasteiger partial charge in [-0.15, -0.1) is 0 Å². The van der Waals surface area contributed by atoms with Crippen LogP contribution in [-0.2, 0) is 9.59 Å². The number of halogens is 1. The van der Waals surface area contributed by atoms with Gasteiger partial charge >= 0.3 is 5.97 Å². The zero-order valence-electron chi connectivity index (χ0n) is 12.6. The average molecular weight is 344 g/mol. The number of amides is 1. The third-order valence-corrected chi connectivity index (χ3v) is 4.32. The molecule has 0 atom stereocenters. The van der Waals surface area contributed by atoms with Crippen LogP contribution in [0, 0.1) is 5.82 Å². The summed E-state index contributed by atoms with van der Waals surface area (Å²) in [6, 6.07) is 9.10. The van der Waals surface area contributed by atoms with Crippen molar-refractivity contribution < 1.29 is 18.7 Å². The minimum Gasteiger partial charge on any atom is -0.425 e. The zero-order chi connectivity index (χ0) is 17.3. The van der Waals surface area contributed by atoms with Crippen LogP contribution in [0.2, 0.25) is 0 Å². The van der Waals surface area contributed by atoms with Gasteiger partial charge in [-0.1, -0.05) is 17.8 Å². The van der Waals surface area contributed by atoms with Gasteiger partial charge in [0.15, 0.2) is 5.75 Å². The second-order valence-corrected chi connectivity index (χ2v) is 6.18. The lowest BCUT2D eigenvalue weighted by Gasteiger charge is -2.18. The highest BCUT2D eigenvalue weighted by Gasteiger charge is 2.21. The van der Waals surface area contributed by atoms with Crippen molar-refractivity contribution in [3.63, 3.8) is 0 Å². The van der Waals surface area contributed by atoms with Crippen LogP contribution in [0.4, 0.5) is 15.8 Å². The first kappa shape index (κ1) is 16.1. The van der Waals surface area contributed by atoms with Crippen LogP contribution >= 0.6 is 11.8 Å². The van der Waals surface area contributed by atoms with Crippen LogP contribution < -0.4 is 15.8 Å². The van der Waals surface area contributed by atoms with Gasteiger partial charge in [-0.25, -0.2) is 4.39 Å². The van der Waals surface area contributed by atoms with Gasteiger partial charge in [-0.3, -0.25) is 9.59 Å². The van der Waals surface area contributed by atoms with Gasteiger partial charge in [0.1, 0.15) is 5.82 Å². The molecule has 7 heteroatoms. The molecule has 24 heavy (non-hydrogen) atoms. The average Bonchev–Trinajstić information content (AvgIpc) is 2.50. The molecule has 0 unspecified atom stereocenters. The number of anilines is 2. The Labute approximate surface area is 141 Å². The maximum absolute atomic E-state index is 13.2. The minimum atomic E-state index is -0.459. The van der Waals surface area contributed by atoms with E-state index in [2.05, 4.69) is 5.32 Å². The number of benzene rings is 2. The number of ether oxygens (including phenoxy) is 1. The van der Waals surface area contributed by atoms with Gasteiger partial charge in [0.25, 0.3) is 5.91 Å². The lowest BCUT2D eigenvalue weighted by atomic mass is 10.1. The van der Waals surface area contributed by atoms with Crippen molar-refractivity contribution in [2.45, 2.75) is 11.8 Å². The molecular formula is C17H13FN2O3S. The molecule has 1 aliphatic heterocycles. The molecule has 122 valence electrons. The molecule has 0 fully saturated rings. The standard InChI is InChI=1S/C17H13FN2O3S/c1-9(21)23-14-4-2-10(6-12(14)19)7-16-17(22)20-13-8-11(18)3-5-15(13)24-16/h2-8H,19H2,1H3,(H,20,22)/b16-7-. The Balaban J connectivity index is 1.89. The number of rotatable bonds is 2. The second kappa shape index (κ2) is 6.37. The number of carbonyl (C=O) groups excluding carboxylic acids is 2. The SMILES string of the molecule is CC(=O)Oc1ccc(/C=C2\Sc3ccc(F)cc3NC2=O)cc1N. The van der Waals surface area contributed by atoms with Crippen molar-refractivity contribution in [2.24, 2.45) is 0 Å². The number of nitrogens with one attached hydrogen (secondary N) is 1. The Bertz CT molecular complexity index is 880. The molecule has 1 heterocycles. The van der Waals surface area contributed by atoms with E-state index >= 15 is 0 Å². The number of thioether (sulfide) groups is 1.